The summed E-state index contributed by atoms with van der Waals surface area (Å²) >= 11 is 3.36. The highest BCUT2D eigenvalue weighted by atomic mass is 79.9. The van der Waals surface area contributed by atoms with E-state index in [1.54, 1.807) is 48.2 Å². The van der Waals surface area contributed by atoms with Gasteiger partial charge in [-0.05, 0) is 30.2 Å². The van der Waals surface area contributed by atoms with Crippen LogP contribution < -0.4 is 4.90 Å². The zero-order valence-electron chi connectivity index (χ0n) is 15.1. The first-order chi connectivity index (χ1) is 12.9. The number of carbonyl (C=O) groups excluding carboxylic acids is 3. The molecule has 6 heteroatoms. The summed E-state index contributed by atoms with van der Waals surface area (Å²) < 4.78 is 0.850. The van der Waals surface area contributed by atoms with Gasteiger partial charge in [0, 0.05) is 36.4 Å². The Morgan fingerprint density at radius 1 is 1.07 bits per heavy atom. The first-order valence-electron chi connectivity index (χ1n) is 8.80. The van der Waals surface area contributed by atoms with Gasteiger partial charge in [0.15, 0.2) is 5.78 Å². The third kappa shape index (κ3) is 2.46. The first-order valence-corrected chi connectivity index (χ1v) is 9.59. The maximum Gasteiger partial charge on any atom is 0.238 e. The van der Waals surface area contributed by atoms with Gasteiger partial charge in [0.25, 0.3) is 0 Å². The number of amides is 2. The molecular weight excluding hydrogens is 408 g/mol. The molecule has 1 fully saturated rings. The van der Waals surface area contributed by atoms with Crippen LogP contribution in [-0.4, -0.2) is 43.1 Å². The average Bonchev–Trinajstić information content (AvgIpc) is 2.88. The van der Waals surface area contributed by atoms with E-state index in [0.29, 0.717) is 18.5 Å². The number of carbonyl (C=O) groups is 3. The van der Waals surface area contributed by atoms with Gasteiger partial charge in [0.1, 0.15) is 5.92 Å². The number of likely N-dealkylation sites (N-methyl/N-ethyl adjacent to an activating group) is 1. The molecule has 1 spiro atoms. The van der Waals surface area contributed by atoms with Crippen molar-refractivity contribution in [1.82, 2.24) is 4.90 Å². The number of Topliss-reactive ketones (excluding diaryl/α,β-unsaturated/α-hetero) is 1. The first kappa shape index (κ1) is 17.9. The van der Waals surface area contributed by atoms with Crippen molar-refractivity contribution in [2.75, 3.05) is 25.5 Å². The number of anilines is 1. The highest BCUT2D eigenvalue weighted by Gasteiger charge is 2.61. The molecule has 2 atom stereocenters. The van der Waals surface area contributed by atoms with E-state index in [1.165, 1.54) is 0 Å². The minimum Gasteiger partial charge on any atom is -0.345 e. The van der Waals surface area contributed by atoms with Gasteiger partial charge in [-0.25, -0.2) is 0 Å². The van der Waals surface area contributed by atoms with Crippen LogP contribution in [0.3, 0.4) is 0 Å². The van der Waals surface area contributed by atoms with Crippen molar-refractivity contribution in [3.8, 4) is 0 Å². The van der Waals surface area contributed by atoms with Crippen molar-refractivity contribution in [2.45, 2.75) is 11.8 Å². The third-order valence-electron chi connectivity index (χ3n) is 5.78. The zero-order chi connectivity index (χ0) is 19.3. The third-order valence-corrected chi connectivity index (χ3v) is 6.31. The van der Waals surface area contributed by atoms with E-state index in [9.17, 15) is 14.4 Å². The van der Waals surface area contributed by atoms with E-state index in [0.717, 1.165) is 15.7 Å². The summed E-state index contributed by atoms with van der Waals surface area (Å²) in [5.74, 6) is -1.85. The fourth-order valence-corrected chi connectivity index (χ4v) is 4.60. The quantitative estimate of drug-likeness (QED) is 0.547. The predicted octanol–water partition coefficient (Wildman–Crippen LogP) is 3.02. The molecule has 5 nitrogen and oxygen atoms in total. The molecule has 0 bridgehead atoms. The predicted molar refractivity (Wildman–Crippen MR) is 106 cm³/mol. The lowest BCUT2D eigenvalue weighted by Gasteiger charge is -2.42. The van der Waals surface area contributed by atoms with Crippen LogP contribution in [0.1, 0.15) is 22.3 Å². The van der Waals surface area contributed by atoms with Gasteiger partial charge in [-0.1, -0.05) is 46.3 Å². The Labute approximate surface area is 166 Å². The normalized spacial score (nSPS) is 24.5. The molecule has 2 aliphatic rings. The molecule has 0 saturated carbocycles. The molecule has 2 aliphatic heterocycles. The van der Waals surface area contributed by atoms with E-state index in [-0.39, 0.29) is 17.6 Å². The Morgan fingerprint density at radius 2 is 1.74 bits per heavy atom. The zero-order valence-corrected chi connectivity index (χ0v) is 16.7. The number of halogens is 1. The highest BCUT2D eigenvalue weighted by Crippen LogP contribution is 2.51. The number of nitrogens with zero attached hydrogens (tertiary/aromatic N) is 2. The molecule has 2 aromatic carbocycles. The Bertz CT molecular complexity index is 956. The fraction of sp³-hybridized carbons (Fsp3) is 0.286. The number of piperidine rings is 1. The second-order valence-electron chi connectivity index (χ2n) is 7.17. The lowest BCUT2D eigenvalue weighted by Crippen LogP contribution is -2.59. The van der Waals surface area contributed by atoms with E-state index in [2.05, 4.69) is 15.9 Å². The molecule has 27 heavy (non-hydrogen) atoms. The molecule has 0 radical (unpaired) electrons. The second kappa shape index (κ2) is 6.30. The van der Waals surface area contributed by atoms with Gasteiger partial charge in [-0.3, -0.25) is 14.4 Å². The van der Waals surface area contributed by atoms with Crippen molar-refractivity contribution in [3.05, 3.63) is 64.1 Å². The van der Waals surface area contributed by atoms with Crippen LogP contribution in [0.4, 0.5) is 5.69 Å². The minimum absolute atomic E-state index is 0.180. The van der Waals surface area contributed by atoms with Gasteiger partial charge in [0.2, 0.25) is 11.8 Å². The fourth-order valence-electron chi connectivity index (χ4n) is 4.33. The number of likely N-dealkylation sites (tertiary alicyclic amines) is 1. The molecule has 138 valence electrons. The standard InChI is InChI=1S/C21H19BrN2O3/c1-23-12-11-21(15-5-3-4-6-16(15)24(2)20(21)27)17(19(23)26)18(25)13-7-9-14(22)10-8-13/h3-10,17H,11-12H2,1-2H3. The summed E-state index contributed by atoms with van der Waals surface area (Å²) in [4.78, 5) is 43.1. The van der Waals surface area contributed by atoms with Crippen LogP contribution in [-0.2, 0) is 15.0 Å². The van der Waals surface area contributed by atoms with E-state index in [4.69, 9.17) is 0 Å². The molecule has 4 rings (SSSR count). The highest BCUT2D eigenvalue weighted by molar-refractivity contribution is 9.10. The second-order valence-corrected chi connectivity index (χ2v) is 8.08. The van der Waals surface area contributed by atoms with Crippen LogP contribution in [0.2, 0.25) is 0 Å². The lowest BCUT2D eigenvalue weighted by molar-refractivity contribution is -0.143. The number of hydrogen-bond donors (Lipinski definition) is 0. The SMILES string of the molecule is CN1CCC2(C(=O)N(C)c3ccccc32)C(C(=O)c2ccc(Br)cc2)C1=O. The summed E-state index contributed by atoms with van der Waals surface area (Å²) in [5, 5.41) is 0. The van der Waals surface area contributed by atoms with E-state index >= 15 is 0 Å². The Balaban J connectivity index is 1.91. The number of hydrogen-bond acceptors (Lipinski definition) is 3. The Morgan fingerprint density at radius 3 is 2.44 bits per heavy atom. The molecule has 2 unspecified atom stereocenters. The van der Waals surface area contributed by atoms with Gasteiger partial charge in [-0.2, -0.15) is 0 Å². The van der Waals surface area contributed by atoms with Crippen LogP contribution in [0.15, 0.2) is 53.0 Å². The van der Waals surface area contributed by atoms with E-state index in [1.807, 2.05) is 24.3 Å². The average molecular weight is 427 g/mol. The maximum absolute atomic E-state index is 13.5. The number of para-hydroxylation sites is 1. The monoisotopic (exact) mass is 426 g/mol. The summed E-state index contributed by atoms with van der Waals surface area (Å²) in [5.41, 5.74) is 0.841. The van der Waals surface area contributed by atoms with Crippen molar-refractivity contribution in [2.24, 2.45) is 5.92 Å². The van der Waals surface area contributed by atoms with Crippen molar-refractivity contribution < 1.29 is 14.4 Å². The van der Waals surface area contributed by atoms with Crippen LogP contribution >= 0.6 is 15.9 Å². The smallest absolute Gasteiger partial charge is 0.238 e. The summed E-state index contributed by atoms with van der Waals surface area (Å²) in [6, 6.07) is 14.4. The van der Waals surface area contributed by atoms with Crippen LogP contribution in [0.5, 0.6) is 0 Å². The summed E-state index contributed by atoms with van der Waals surface area (Å²) in [6.45, 7) is 0.441. The van der Waals surface area contributed by atoms with Crippen molar-refractivity contribution >= 4 is 39.2 Å². The number of ketones is 1. The maximum atomic E-state index is 13.5. The molecule has 2 heterocycles. The number of rotatable bonds is 2. The number of benzene rings is 2. The molecule has 0 aliphatic carbocycles. The summed E-state index contributed by atoms with van der Waals surface area (Å²) in [7, 11) is 3.39. The van der Waals surface area contributed by atoms with Crippen molar-refractivity contribution in [1.29, 1.82) is 0 Å². The Hall–Kier alpha value is -2.47. The van der Waals surface area contributed by atoms with Crippen LogP contribution in [0.25, 0.3) is 0 Å². The molecular formula is C21H19BrN2O3. The van der Waals surface area contributed by atoms with Crippen LogP contribution in [0, 0.1) is 5.92 Å². The van der Waals surface area contributed by atoms with Crippen molar-refractivity contribution in [3.63, 3.8) is 0 Å². The molecule has 0 N–H and O–H groups in total. The summed E-state index contributed by atoms with van der Waals surface area (Å²) in [6.07, 6.45) is 0.433. The van der Waals surface area contributed by atoms with Gasteiger partial charge in [-0.15, -0.1) is 0 Å². The largest absolute Gasteiger partial charge is 0.345 e. The lowest BCUT2D eigenvalue weighted by atomic mass is 9.63. The molecule has 2 aromatic rings. The number of fused-ring (bicyclic) bond motifs is 2. The van der Waals surface area contributed by atoms with E-state index < -0.39 is 11.3 Å². The van der Waals surface area contributed by atoms with Gasteiger partial charge in [0.05, 0.1) is 5.41 Å². The molecule has 2 amide bonds. The molecule has 0 aromatic heterocycles. The van der Waals surface area contributed by atoms with Gasteiger partial charge >= 0.3 is 0 Å². The molecule has 1 saturated heterocycles. The Kier molecular flexibility index (Phi) is 4.18. The van der Waals surface area contributed by atoms with Gasteiger partial charge < -0.3 is 9.80 Å². The topological polar surface area (TPSA) is 57.7 Å². The minimum atomic E-state index is -1.14.